The second-order valence-electron chi connectivity index (χ2n) is 8.65. The fraction of sp³-hybridized carbons (Fsp3) is 0.226. The van der Waals surface area contributed by atoms with Gasteiger partial charge in [-0.2, -0.15) is 0 Å². The molecule has 1 aromatic rings. The minimum Gasteiger partial charge on any atom is -0.504 e. The molecule has 2 aliphatic rings. The number of hydrogen-bond donors (Lipinski definition) is 2. The third kappa shape index (κ3) is 6.80. The lowest BCUT2D eigenvalue weighted by molar-refractivity contribution is -0.120. The van der Waals surface area contributed by atoms with Gasteiger partial charge in [-0.25, -0.2) is 0 Å². The Kier molecular flexibility index (Phi) is 9.19. The molecule has 2 aliphatic carbocycles. The number of hydrogen-bond acceptors (Lipinski definition) is 4. The Hall–Kier alpha value is -3.92. The minimum atomic E-state index is -0.659. The van der Waals surface area contributed by atoms with Gasteiger partial charge in [-0.3, -0.25) is 9.59 Å². The first-order valence-electron chi connectivity index (χ1n) is 11.9. The standard InChI is InChI=1S/C31H32O4/c1-3-9-22(4-2)14-15-24-12-8-13-25(17-16-24)19-21-27-30(34)28(32)26(29(33)31(27)35)20-18-23-10-6-5-7-11-23/h3-13,17,32,35H,1-2,14-16,18-21H2/b22-9+. The van der Waals surface area contributed by atoms with Crippen LogP contribution in [-0.2, 0) is 16.0 Å². The zero-order chi connectivity index (χ0) is 25.2. The summed E-state index contributed by atoms with van der Waals surface area (Å²) in [6, 6.07) is 9.50. The van der Waals surface area contributed by atoms with Crippen molar-refractivity contribution in [1.82, 2.24) is 0 Å². The van der Waals surface area contributed by atoms with Gasteiger partial charge in [0, 0.05) is 11.1 Å². The maximum Gasteiger partial charge on any atom is 0.227 e. The maximum atomic E-state index is 12.8. The van der Waals surface area contributed by atoms with E-state index in [-0.39, 0.29) is 24.0 Å². The van der Waals surface area contributed by atoms with Gasteiger partial charge in [0.1, 0.15) is 0 Å². The number of Topliss-reactive ketones (excluding diaryl/α,β-unsaturated/α-hetero) is 2. The van der Waals surface area contributed by atoms with Gasteiger partial charge in [0.15, 0.2) is 11.5 Å². The Balaban J connectivity index is 1.60. The molecule has 180 valence electrons. The van der Waals surface area contributed by atoms with Gasteiger partial charge >= 0.3 is 0 Å². The molecular formula is C31H32O4. The summed E-state index contributed by atoms with van der Waals surface area (Å²) in [6.07, 6.45) is 17.7. The van der Waals surface area contributed by atoms with Crippen molar-refractivity contribution in [1.29, 1.82) is 0 Å². The fourth-order valence-corrected chi connectivity index (χ4v) is 4.21. The lowest BCUT2D eigenvalue weighted by atomic mass is 9.87. The molecule has 0 spiro atoms. The lowest BCUT2D eigenvalue weighted by Crippen LogP contribution is -2.24. The number of rotatable bonds is 11. The van der Waals surface area contributed by atoms with Crippen molar-refractivity contribution in [3.05, 3.63) is 131 Å². The van der Waals surface area contributed by atoms with Crippen LogP contribution in [0.25, 0.3) is 0 Å². The Morgan fingerprint density at radius 2 is 1.54 bits per heavy atom. The van der Waals surface area contributed by atoms with Gasteiger partial charge in [0.25, 0.3) is 0 Å². The highest BCUT2D eigenvalue weighted by molar-refractivity contribution is 6.23. The molecule has 0 atom stereocenters. The van der Waals surface area contributed by atoms with Crippen molar-refractivity contribution in [2.75, 3.05) is 0 Å². The van der Waals surface area contributed by atoms with E-state index < -0.39 is 23.1 Å². The zero-order valence-electron chi connectivity index (χ0n) is 20.0. The van der Waals surface area contributed by atoms with E-state index in [0.29, 0.717) is 12.8 Å². The molecule has 0 aliphatic heterocycles. The SMILES string of the molecule is C=C/C=C(\C=C)CCC1=CC=CC(CCC2=C(O)C(=O)C(CCc3ccccc3)=C(O)C2=O)=CC1. The summed E-state index contributed by atoms with van der Waals surface area (Å²) in [4.78, 5) is 25.5. The molecule has 0 amide bonds. The lowest BCUT2D eigenvalue weighted by Gasteiger charge is -2.18. The highest BCUT2D eigenvalue weighted by atomic mass is 16.3. The first-order valence-corrected chi connectivity index (χ1v) is 11.9. The highest BCUT2D eigenvalue weighted by Gasteiger charge is 2.34. The summed E-state index contributed by atoms with van der Waals surface area (Å²) in [6.45, 7) is 7.56. The first-order chi connectivity index (χ1) is 16.9. The molecule has 2 N–H and O–H groups in total. The van der Waals surface area contributed by atoms with Gasteiger partial charge < -0.3 is 10.2 Å². The molecule has 0 fully saturated rings. The van der Waals surface area contributed by atoms with Crippen LogP contribution in [-0.4, -0.2) is 21.8 Å². The van der Waals surface area contributed by atoms with Gasteiger partial charge in [-0.1, -0.05) is 97.2 Å². The van der Waals surface area contributed by atoms with Crippen molar-refractivity contribution < 1.29 is 19.8 Å². The molecule has 0 saturated carbocycles. The van der Waals surface area contributed by atoms with Gasteiger partial charge in [0.05, 0.1) is 0 Å². The van der Waals surface area contributed by atoms with Gasteiger partial charge in [-0.05, 0) is 56.1 Å². The number of carbonyl (C=O) groups is 2. The largest absolute Gasteiger partial charge is 0.504 e. The van der Waals surface area contributed by atoms with E-state index in [9.17, 15) is 19.8 Å². The van der Waals surface area contributed by atoms with Crippen LogP contribution in [0.3, 0.4) is 0 Å². The van der Waals surface area contributed by atoms with E-state index in [1.807, 2.05) is 54.6 Å². The van der Waals surface area contributed by atoms with E-state index in [0.717, 1.165) is 36.0 Å². The van der Waals surface area contributed by atoms with Crippen LogP contribution in [0.2, 0.25) is 0 Å². The molecule has 0 aromatic heterocycles. The molecule has 1 aromatic carbocycles. The van der Waals surface area contributed by atoms with E-state index in [1.54, 1.807) is 6.08 Å². The summed E-state index contributed by atoms with van der Waals surface area (Å²) >= 11 is 0. The van der Waals surface area contributed by atoms with Crippen LogP contribution in [0.1, 0.15) is 44.1 Å². The van der Waals surface area contributed by atoms with E-state index in [2.05, 4.69) is 25.3 Å². The number of allylic oxidation sites excluding steroid dienone is 12. The first kappa shape index (κ1) is 25.7. The van der Waals surface area contributed by atoms with Crippen LogP contribution in [0.4, 0.5) is 0 Å². The average molecular weight is 469 g/mol. The second kappa shape index (κ2) is 12.5. The van der Waals surface area contributed by atoms with Crippen molar-refractivity contribution in [2.24, 2.45) is 0 Å². The topological polar surface area (TPSA) is 74.6 Å². The number of ketones is 2. The van der Waals surface area contributed by atoms with Crippen LogP contribution in [0.5, 0.6) is 0 Å². The normalized spacial score (nSPS) is 16.7. The number of aliphatic hydroxyl groups excluding tert-OH is 2. The van der Waals surface area contributed by atoms with Crippen LogP contribution < -0.4 is 0 Å². The molecule has 4 nitrogen and oxygen atoms in total. The second-order valence-corrected chi connectivity index (χ2v) is 8.65. The van der Waals surface area contributed by atoms with Crippen LogP contribution in [0.15, 0.2) is 125 Å². The fourth-order valence-electron chi connectivity index (χ4n) is 4.21. The molecule has 0 saturated heterocycles. The Morgan fingerprint density at radius 1 is 0.886 bits per heavy atom. The van der Waals surface area contributed by atoms with Crippen molar-refractivity contribution in [3.8, 4) is 0 Å². The summed E-state index contributed by atoms with van der Waals surface area (Å²) in [5, 5.41) is 21.0. The third-order valence-electron chi connectivity index (χ3n) is 6.32. The van der Waals surface area contributed by atoms with Crippen molar-refractivity contribution in [3.63, 3.8) is 0 Å². The smallest absolute Gasteiger partial charge is 0.227 e. The zero-order valence-corrected chi connectivity index (χ0v) is 20.0. The molecule has 35 heavy (non-hydrogen) atoms. The predicted molar refractivity (Wildman–Crippen MR) is 141 cm³/mol. The Labute approximate surface area is 207 Å². The molecule has 0 bridgehead atoms. The van der Waals surface area contributed by atoms with Gasteiger partial charge in [0.2, 0.25) is 11.6 Å². The minimum absolute atomic E-state index is 0.0205. The quantitative estimate of drug-likeness (QED) is 0.269. The number of aliphatic hydroxyl groups is 2. The third-order valence-corrected chi connectivity index (χ3v) is 6.32. The average Bonchev–Trinajstić information content (AvgIpc) is 3.11. The summed E-state index contributed by atoms with van der Waals surface area (Å²) in [5.74, 6) is -2.40. The molecule has 0 unspecified atom stereocenters. The van der Waals surface area contributed by atoms with E-state index in [1.165, 1.54) is 5.57 Å². The Bertz CT molecular complexity index is 1180. The highest BCUT2D eigenvalue weighted by Crippen LogP contribution is 2.30. The summed E-state index contributed by atoms with van der Waals surface area (Å²) in [5.41, 5.74) is 4.38. The number of aryl methyl sites for hydroxylation is 1. The van der Waals surface area contributed by atoms with Crippen LogP contribution >= 0.6 is 0 Å². The van der Waals surface area contributed by atoms with Gasteiger partial charge in [-0.15, -0.1) is 0 Å². The summed E-state index contributed by atoms with van der Waals surface area (Å²) in [7, 11) is 0. The predicted octanol–water partition coefficient (Wildman–Crippen LogP) is 7.07. The summed E-state index contributed by atoms with van der Waals surface area (Å²) < 4.78 is 0. The molecular weight excluding hydrogens is 436 g/mol. The van der Waals surface area contributed by atoms with Crippen molar-refractivity contribution >= 4 is 11.6 Å². The van der Waals surface area contributed by atoms with Crippen molar-refractivity contribution in [2.45, 2.75) is 44.9 Å². The Morgan fingerprint density at radius 3 is 2.17 bits per heavy atom. The molecule has 3 rings (SSSR count). The van der Waals surface area contributed by atoms with E-state index >= 15 is 0 Å². The molecule has 0 heterocycles. The number of carbonyl (C=O) groups excluding carboxylic acids is 2. The molecule has 0 radical (unpaired) electrons. The monoisotopic (exact) mass is 468 g/mol. The van der Waals surface area contributed by atoms with E-state index in [4.69, 9.17) is 0 Å². The maximum absolute atomic E-state index is 12.8. The molecule has 4 heteroatoms. The number of benzene rings is 1. The van der Waals surface area contributed by atoms with Crippen LogP contribution in [0, 0.1) is 0 Å².